The lowest BCUT2D eigenvalue weighted by molar-refractivity contribution is -0.128. The lowest BCUT2D eigenvalue weighted by Crippen LogP contribution is -2.51. The van der Waals surface area contributed by atoms with Crippen molar-refractivity contribution >= 4 is 11.8 Å². The minimum Gasteiger partial charge on any atom is -0.477 e. The molecule has 1 aliphatic rings. The fourth-order valence-electron chi connectivity index (χ4n) is 2.92. The molecule has 110 valence electrons. The minimum atomic E-state index is -1.01. The SMILES string of the molecule is CCOC1CC(n2cc(C(C)=O)cc2C(=O)O)C1(C)C. The smallest absolute Gasteiger partial charge is 0.352 e. The maximum atomic E-state index is 11.5. The van der Waals surface area contributed by atoms with Gasteiger partial charge in [0.25, 0.3) is 0 Å². The Morgan fingerprint density at radius 1 is 1.50 bits per heavy atom. The van der Waals surface area contributed by atoms with E-state index in [-0.39, 0.29) is 29.0 Å². The number of Topliss-reactive ketones (excluding diaryl/α,β-unsaturated/α-hetero) is 1. The summed E-state index contributed by atoms with van der Waals surface area (Å²) in [4.78, 5) is 22.8. The average molecular weight is 279 g/mol. The Kier molecular flexibility index (Phi) is 3.73. The Morgan fingerprint density at radius 2 is 2.15 bits per heavy atom. The number of carboxylic acids is 1. The number of ketones is 1. The van der Waals surface area contributed by atoms with Crippen molar-refractivity contribution in [1.82, 2.24) is 4.57 Å². The van der Waals surface area contributed by atoms with Crippen molar-refractivity contribution in [3.05, 3.63) is 23.5 Å². The second-order valence-electron chi connectivity index (χ2n) is 5.90. The molecule has 0 bridgehead atoms. The van der Waals surface area contributed by atoms with Crippen molar-refractivity contribution < 1.29 is 19.4 Å². The summed E-state index contributed by atoms with van der Waals surface area (Å²) < 4.78 is 7.39. The van der Waals surface area contributed by atoms with Crippen LogP contribution in [-0.4, -0.2) is 34.1 Å². The third-order valence-corrected chi connectivity index (χ3v) is 4.30. The van der Waals surface area contributed by atoms with Gasteiger partial charge in [-0.2, -0.15) is 0 Å². The molecule has 0 aliphatic heterocycles. The van der Waals surface area contributed by atoms with Crippen LogP contribution in [0.25, 0.3) is 0 Å². The standard InChI is InChI=1S/C15H21NO4/c1-5-20-13-7-12(15(13,3)4)16-8-10(9(2)17)6-11(16)14(18)19/h6,8,12-13H,5,7H2,1-4H3,(H,18,19). The van der Waals surface area contributed by atoms with Gasteiger partial charge in [0.1, 0.15) is 5.69 Å². The minimum absolute atomic E-state index is 0.0400. The summed E-state index contributed by atoms with van der Waals surface area (Å²) in [7, 11) is 0. The molecule has 1 heterocycles. The molecule has 0 saturated heterocycles. The molecule has 1 saturated carbocycles. The Bertz CT molecular complexity index is 544. The third kappa shape index (κ3) is 2.26. The number of rotatable bonds is 5. The molecule has 0 radical (unpaired) electrons. The molecule has 1 aliphatic carbocycles. The van der Waals surface area contributed by atoms with Crippen LogP contribution in [0.2, 0.25) is 0 Å². The van der Waals surface area contributed by atoms with Crippen LogP contribution in [0.3, 0.4) is 0 Å². The maximum Gasteiger partial charge on any atom is 0.352 e. The summed E-state index contributed by atoms with van der Waals surface area (Å²) >= 11 is 0. The number of carbonyl (C=O) groups excluding carboxylic acids is 1. The van der Waals surface area contributed by atoms with Crippen LogP contribution < -0.4 is 0 Å². The molecular formula is C15H21NO4. The zero-order chi connectivity index (χ0) is 15.1. The van der Waals surface area contributed by atoms with Gasteiger partial charge in [0.15, 0.2) is 5.78 Å². The number of nitrogens with zero attached hydrogens (tertiary/aromatic N) is 1. The van der Waals surface area contributed by atoms with E-state index in [0.29, 0.717) is 12.2 Å². The van der Waals surface area contributed by atoms with Gasteiger partial charge in [0, 0.05) is 29.8 Å². The van der Waals surface area contributed by atoms with Gasteiger partial charge in [0.05, 0.1) is 6.10 Å². The molecule has 1 aromatic heterocycles. The zero-order valence-corrected chi connectivity index (χ0v) is 12.3. The summed E-state index contributed by atoms with van der Waals surface area (Å²) in [6.07, 6.45) is 2.55. The normalized spacial score (nSPS) is 24.2. The van der Waals surface area contributed by atoms with Gasteiger partial charge in [-0.1, -0.05) is 13.8 Å². The first-order valence-corrected chi connectivity index (χ1v) is 6.86. The highest BCUT2D eigenvalue weighted by Gasteiger charge is 2.50. The van der Waals surface area contributed by atoms with Crippen LogP contribution in [0.1, 0.15) is 61.0 Å². The molecule has 0 aromatic carbocycles. The maximum absolute atomic E-state index is 11.5. The molecule has 2 rings (SSSR count). The first-order valence-electron chi connectivity index (χ1n) is 6.86. The zero-order valence-electron chi connectivity index (χ0n) is 12.3. The van der Waals surface area contributed by atoms with Gasteiger partial charge in [-0.05, 0) is 26.3 Å². The number of aromatic carboxylic acids is 1. The largest absolute Gasteiger partial charge is 0.477 e. The van der Waals surface area contributed by atoms with Gasteiger partial charge < -0.3 is 14.4 Å². The highest BCUT2D eigenvalue weighted by molar-refractivity contribution is 5.97. The molecular weight excluding hydrogens is 258 g/mol. The van der Waals surface area contributed by atoms with Crippen LogP contribution in [0, 0.1) is 5.41 Å². The molecule has 1 aromatic rings. The van der Waals surface area contributed by atoms with Gasteiger partial charge >= 0.3 is 5.97 Å². The van der Waals surface area contributed by atoms with Gasteiger partial charge in [0.2, 0.25) is 0 Å². The molecule has 0 amide bonds. The van der Waals surface area contributed by atoms with E-state index in [2.05, 4.69) is 13.8 Å². The number of carboxylic acid groups (broad SMARTS) is 1. The van der Waals surface area contributed by atoms with E-state index in [1.165, 1.54) is 13.0 Å². The van der Waals surface area contributed by atoms with E-state index in [4.69, 9.17) is 4.74 Å². The molecule has 1 fully saturated rings. The highest BCUT2D eigenvalue weighted by Crippen LogP contribution is 2.51. The van der Waals surface area contributed by atoms with Crippen molar-refractivity contribution in [3.63, 3.8) is 0 Å². The molecule has 0 spiro atoms. The second kappa shape index (κ2) is 5.05. The van der Waals surface area contributed by atoms with Crippen LogP contribution >= 0.6 is 0 Å². The quantitative estimate of drug-likeness (QED) is 0.841. The van der Waals surface area contributed by atoms with Crippen molar-refractivity contribution in [2.45, 2.75) is 46.3 Å². The highest BCUT2D eigenvalue weighted by atomic mass is 16.5. The molecule has 2 atom stereocenters. The molecule has 5 nitrogen and oxygen atoms in total. The monoisotopic (exact) mass is 279 g/mol. The predicted octanol–water partition coefficient (Wildman–Crippen LogP) is 2.77. The second-order valence-corrected chi connectivity index (χ2v) is 5.90. The summed E-state index contributed by atoms with van der Waals surface area (Å²) in [5, 5.41) is 9.31. The summed E-state index contributed by atoms with van der Waals surface area (Å²) in [5.41, 5.74) is 0.467. The Labute approximate surface area is 118 Å². The number of hydrogen-bond acceptors (Lipinski definition) is 3. The Balaban J connectivity index is 2.34. The summed E-state index contributed by atoms with van der Waals surface area (Å²) in [5.74, 6) is -1.13. The van der Waals surface area contributed by atoms with E-state index in [0.717, 1.165) is 6.42 Å². The number of ether oxygens (including phenoxy) is 1. The van der Waals surface area contributed by atoms with Crippen molar-refractivity contribution in [1.29, 1.82) is 0 Å². The van der Waals surface area contributed by atoms with E-state index < -0.39 is 5.97 Å². The number of hydrogen-bond donors (Lipinski definition) is 1. The fraction of sp³-hybridized carbons (Fsp3) is 0.600. The summed E-state index contributed by atoms with van der Waals surface area (Å²) in [6, 6.07) is 1.49. The Hall–Kier alpha value is -1.62. The Morgan fingerprint density at radius 3 is 2.60 bits per heavy atom. The van der Waals surface area contributed by atoms with E-state index >= 15 is 0 Å². The van der Waals surface area contributed by atoms with Crippen molar-refractivity contribution in [3.8, 4) is 0 Å². The lowest BCUT2D eigenvalue weighted by Gasteiger charge is -2.52. The van der Waals surface area contributed by atoms with E-state index in [9.17, 15) is 14.7 Å². The third-order valence-electron chi connectivity index (χ3n) is 4.30. The average Bonchev–Trinajstić information content (AvgIpc) is 2.78. The fourth-order valence-corrected chi connectivity index (χ4v) is 2.92. The molecule has 5 heteroatoms. The van der Waals surface area contributed by atoms with Gasteiger partial charge in [-0.15, -0.1) is 0 Å². The van der Waals surface area contributed by atoms with Gasteiger partial charge in [-0.25, -0.2) is 4.79 Å². The van der Waals surface area contributed by atoms with Crippen LogP contribution in [0.5, 0.6) is 0 Å². The van der Waals surface area contributed by atoms with Crippen molar-refractivity contribution in [2.24, 2.45) is 5.41 Å². The number of aromatic nitrogens is 1. The van der Waals surface area contributed by atoms with Crippen LogP contribution in [0.4, 0.5) is 0 Å². The summed E-state index contributed by atoms with van der Waals surface area (Å²) in [6.45, 7) is 8.19. The van der Waals surface area contributed by atoms with Crippen molar-refractivity contribution in [2.75, 3.05) is 6.61 Å². The topological polar surface area (TPSA) is 68.5 Å². The molecule has 1 N–H and O–H groups in total. The van der Waals surface area contributed by atoms with Crippen LogP contribution in [0.15, 0.2) is 12.3 Å². The van der Waals surface area contributed by atoms with E-state index in [1.54, 1.807) is 10.8 Å². The molecule has 2 unspecified atom stereocenters. The first kappa shape index (κ1) is 14.8. The molecule has 20 heavy (non-hydrogen) atoms. The number of carbonyl (C=O) groups is 2. The van der Waals surface area contributed by atoms with E-state index in [1.807, 2.05) is 6.92 Å². The van der Waals surface area contributed by atoms with Gasteiger partial charge in [-0.3, -0.25) is 4.79 Å². The first-order chi connectivity index (χ1) is 9.28. The predicted molar refractivity (Wildman–Crippen MR) is 74.2 cm³/mol. The van der Waals surface area contributed by atoms with Crippen LogP contribution in [-0.2, 0) is 4.74 Å². The lowest BCUT2D eigenvalue weighted by atomic mass is 9.64.